The predicted octanol–water partition coefficient (Wildman–Crippen LogP) is -0.933. The Morgan fingerprint density at radius 1 is 1.64 bits per heavy atom. The van der Waals surface area contributed by atoms with Crippen molar-refractivity contribution in [2.75, 3.05) is 18.6 Å². The number of aromatic amines is 1. The van der Waals surface area contributed by atoms with Crippen molar-refractivity contribution < 1.29 is 12.6 Å². The van der Waals surface area contributed by atoms with Gasteiger partial charge in [0.05, 0.1) is 12.5 Å². The Kier molecular flexibility index (Phi) is 3.78. The summed E-state index contributed by atoms with van der Waals surface area (Å²) in [4.78, 5) is 6.08. The normalized spacial score (nSPS) is 14.1. The van der Waals surface area contributed by atoms with Crippen molar-refractivity contribution in [1.29, 1.82) is 0 Å². The number of aromatic nitrogens is 2. The molecule has 1 heterocycles. The maximum Gasteiger partial charge on any atom is 0.257 e. The van der Waals surface area contributed by atoms with Gasteiger partial charge in [-0.15, -0.1) is 0 Å². The van der Waals surface area contributed by atoms with Gasteiger partial charge < -0.3 is 4.98 Å². The number of H-pyrrole nitrogens is 1. The molecule has 0 bridgehead atoms. The molecule has 1 rings (SSSR count). The summed E-state index contributed by atoms with van der Waals surface area (Å²) in [7, 11) is -4.51. The maximum absolute atomic E-state index is 11.4. The lowest BCUT2D eigenvalue weighted by atomic mass is 10.8. The summed E-state index contributed by atoms with van der Waals surface area (Å²) in [6.45, 7) is 0.157. The minimum absolute atomic E-state index is 0.0133. The highest BCUT2D eigenvalue weighted by atomic mass is 32.2. The number of imidazole rings is 1. The zero-order chi connectivity index (χ0) is 10.6. The highest BCUT2D eigenvalue weighted by Gasteiger charge is 2.14. The summed E-state index contributed by atoms with van der Waals surface area (Å²) in [5, 5.41) is 0.0133. The molecule has 2 N–H and O–H groups in total. The molecule has 0 fully saturated rings. The summed E-state index contributed by atoms with van der Waals surface area (Å²) in [6.07, 6.45) is 4.02. The van der Waals surface area contributed by atoms with E-state index in [1.54, 1.807) is 0 Å². The van der Waals surface area contributed by atoms with Crippen LogP contribution in [-0.2, 0) is 20.8 Å². The van der Waals surface area contributed by atoms with E-state index in [1.807, 2.05) is 0 Å². The van der Waals surface area contributed by atoms with Gasteiger partial charge in [0, 0.05) is 29.4 Å². The Bertz CT molecular complexity index is 398. The van der Waals surface area contributed by atoms with E-state index in [4.69, 9.17) is 0 Å². The van der Waals surface area contributed by atoms with Crippen LogP contribution in [0.3, 0.4) is 0 Å². The van der Waals surface area contributed by atoms with Crippen molar-refractivity contribution in [3.05, 3.63) is 12.5 Å². The second-order valence-corrected chi connectivity index (χ2v) is 5.88. The number of hydrogen-bond acceptors (Lipinski definition) is 4. The molecule has 1 aromatic rings. The zero-order valence-corrected chi connectivity index (χ0v) is 9.19. The van der Waals surface area contributed by atoms with Gasteiger partial charge in [-0.1, -0.05) is 0 Å². The Morgan fingerprint density at radius 2 is 2.36 bits per heavy atom. The fourth-order valence-electron chi connectivity index (χ4n) is 0.788. The van der Waals surface area contributed by atoms with Gasteiger partial charge >= 0.3 is 0 Å². The number of nitrogens with one attached hydrogen (secondary N) is 2. The van der Waals surface area contributed by atoms with Crippen molar-refractivity contribution in [2.45, 2.75) is 5.03 Å². The van der Waals surface area contributed by atoms with Crippen molar-refractivity contribution >= 4 is 20.8 Å². The van der Waals surface area contributed by atoms with Crippen LogP contribution in [0.15, 0.2) is 17.6 Å². The smallest absolute Gasteiger partial charge is 0.257 e. The molecule has 0 saturated carbocycles. The summed E-state index contributed by atoms with van der Waals surface area (Å²) in [5.74, 6) is 0.299. The first kappa shape index (κ1) is 11.3. The van der Waals surface area contributed by atoms with Crippen molar-refractivity contribution in [3.63, 3.8) is 0 Å². The molecule has 0 aliphatic heterocycles. The molecule has 0 aliphatic carbocycles. The fourth-order valence-corrected chi connectivity index (χ4v) is 2.24. The molecule has 1 aromatic heterocycles. The fraction of sp³-hybridized carbons (Fsp3) is 0.500. The van der Waals surface area contributed by atoms with Crippen LogP contribution in [0.25, 0.3) is 0 Å². The third kappa shape index (κ3) is 3.20. The van der Waals surface area contributed by atoms with Crippen LogP contribution in [0.5, 0.6) is 0 Å². The lowest BCUT2D eigenvalue weighted by Gasteiger charge is -2.02. The van der Waals surface area contributed by atoms with Crippen LogP contribution in [0, 0.1) is 0 Å². The van der Waals surface area contributed by atoms with Crippen molar-refractivity contribution in [3.8, 4) is 0 Å². The van der Waals surface area contributed by atoms with E-state index in [-0.39, 0.29) is 11.6 Å². The Balaban J connectivity index is 2.56. The molecule has 0 aliphatic rings. The molecule has 0 aromatic carbocycles. The summed E-state index contributed by atoms with van der Waals surface area (Å²) >= 11 is 0. The maximum atomic E-state index is 11.4. The summed E-state index contributed by atoms with van der Waals surface area (Å²) < 4.78 is 35.8. The number of nitrogens with zero attached hydrogens (tertiary/aromatic N) is 1. The molecular formula is C6H11N3O3S2. The van der Waals surface area contributed by atoms with E-state index >= 15 is 0 Å². The average Bonchev–Trinajstić information content (AvgIpc) is 2.54. The summed E-state index contributed by atoms with van der Waals surface area (Å²) in [5.41, 5.74) is 0. The highest BCUT2D eigenvalue weighted by Crippen LogP contribution is 2.00. The summed E-state index contributed by atoms with van der Waals surface area (Å²) in [6, 6.07) is 0. The lowest BCUT2D eigenvalue weighted by molar-refractivity contribution is 0.581. The topological polar surface area (TPSA) is 91.9 Å². The quantitative estimate of drug-likeness (QED) is 0.692. The molecule has 0 saturated heterocycles. The third-order valence-corrected chi connectivity index (χ3v) is 3.61. The van der Waals surface area contributed by atoms with Crippen LogP contribution in [-0.4, -0.2) is 41.1 Å². The predicted molar refractivity (Wildman–Crippen MR) is 52.7 cm³/mol. The molecule has 1 atom stereocenters. The van der Waals surface area contributed by atoms with Gasteiger partial charge in [-0.05, 0) is 0 Å². The molecule has 0 spiro atoms. The standard InChI is InChI=1S/C6H11N3O3S2/c1-13(10)3-2-9-14(11,12)6-4-7-5-8-6/h4-5,9H,2-3H2,1H3,(H,7,8). The molecular weight excluding hydrogens is 226 g/mol. The number of sulfonamides is 1. The second kappa shape index (κ2) is 4.67. The lowest BCUT2D eigenvalue weighted by Crippen LogP contribution is -2.27. The van der Waals surface area contributed by atoms with Gasteiger partial charge in [-0.2, -0.15) is 0 Å². The highest BCUT2D eigenvalue weighted by molar-refractivity contribution is 7.89. The van der Waals surface area contributed by atoms with Gasteiger partial charge in [0.2, 0.25) is 0 Å². The van der Waals surface area contributed by atoms with Crippen molar-refractivity contribution in [2.24, 2.45) is 0 Å². The SMILES string of the molecule is CS(=O)CCNS(=O)(=O)c1cnc[nH]1. The molecule has 6 nitrogen and oxygen atoms in total. The Hall–Kier alpha value is -0.730. The van der Waals surface area contributed by atoms with Gasteiger partial charge in [0.25, 0.3) is 10.0 Å². The van der Waals surface area contributed by atoms with Gasteiger partial charge in [-0.3, -0.25) is 4.21 Å². The first-order valence-corrected chi connectivity index (χ1v) is 7.01. The number of rotatable bonds is 5. The first-order valence-electron chi connectivity index (χ1n) is 3.80. The molecule has 8 heteroatoms. The van der Waals surface area contributed by atoms with Crippen molar-refractivity contribution in [1.82, 2.24) is 14.7 Å². The van der Waals surface area contributed by atoms with Crippen LogP contribution >= 0.6 is 0 Å². The Morgan fingerprint density at radius 3 is 2.86 bits per heavy atom. The van der Waals surface area contributed by atoms with Gasteiger partial charge in [0.15, 0.2) is 5.03 Å². The van der Waals surface area contributed by atoms with E-state index in [0.29, 0.717) is 5.75 Å². The van der Waals surface area contributed by atoms with Gasteiger partial charge in [0.1, 0.15) is 0 Å². The molecule has 0 amide bonds. The molecule has 14 heavy (non-hydrogen) atoms. The van der Waals surface area contributed by atoms with E-state index in [0.717, 1.165) is 0 Å². The third-order valence-electron chi connectivity index (χ3n) is 1.44. The van der Waals surface area contributed by atoms with E-state index in [9.17, 15) is 12.6 Å². The zero-order valence-electron chi connectivity index (χ0n) is 7.56. The first-order chi connectivity index (χ1) is 6.52. The number of hydrogen-bond donors (Lipinski definition) is 2. The average molecular weight is 237 g/mol. The van der Waals surface area contributed by atoms with E-state index in [1.165, 1.54) is 18.8 Å². The minimum atomic E-state index is -3.52. The van der Waals surface area contributed by atoms with Crippen LogP contribution in [0.4, 0.5) is 0 Å². The minimum Gasteiger partial charge on any atom is -0.335 e. The Labute approximate surface area is 84.6 Å². The molecule has 80 valence electrons. The van der Waals surface area contributed by atoms with Crippen LogP contribution < -0.4 is 4.72 Å². The van der Waals surface area contributed by atoms with Crippen LogP contribution in [0.1, 0.15) is 0 Å². The largest absolute Gasteiger partial charge is 0.335 e. The van der Waals surface area contributed by atoms with Gasteiger partial charge in [-0.25, -0.2) is 18.1 Å². The molecule has 0 radical (unpaired) electrons. The molecule has 1 unspecified atom stereocenters. The second-order valence-electron chi connectivity index (χ2n) is 2.59. The van der Waals surface area contributed by atoms with E-state index in [2.05, 4.69) is 14.7 Å². The van der Waals surface area contributed by atoms with E-state index < -0.39 is 20.8 Å². The van der Waals surface area contributed by atoms with Crippen LogP contribution in [0.2, 0.25) is 0 Å². The monoisotopic (exact) mass is 237 g/mol.